The van der Waals surface area contributed by atoms with E-state index in [2.05, 4.69) is 5.32 Å². The molecular formula is C12H17FN2O3. The molecule has 0 saturated carbocycles. The van der Waals surface area contributed by atoms with Gasteiger partial charge in [0.1, 0.15) is 11.5 Å². The van der Waals surface area contributed by atoms with E-state index in [1.807, 2.05) is 13.8 Å². The summed E-state index contributed by atoms with van der Waals surface area (Å²) >= 11 is 0. The van der Waals surface area contributed by atoms with E-state index in [0.29, 0.717) is 17.8 Å². The van der Waals surface area contributed by atoms with E-state index in [1.165, 1.54) is 6.07 Å². The fourth-order valence-electron chi connectivity index (χ4n) is 1.34. The van der Waals surface area contributed by atoms with Gasteiger partial charge >= 0.3 is 0 Å². The highest BCUT2D eigenvalue weighted by Crippen LogP contribution is 2.28. The van der Waals surface area contributed by atoms with Gasteiger partial charge < -0.3 is 10.1 Å². The second-order valence-electron chi connectivity index (χ2n) is 4.69. The number of methoxy groups -OCH3 is 1. The maximum absolute atomic E-state index is 13.3. The molecule has 1 N–H and O–H groups in total. The lowest BCUT2D eigenvalue weighted by Gasteiger charge is -2.23. The zero-order valence-electron chi connectivity index (χ0n) is 10.9. The van der Waals surface area contributed by atoms with Gasteiger partial charge in [-0.2, -0.15) is 0 Å². The van der Waals surface area contributed by atoms with Crippen molar-refractivity contribution in [3.8, 4) is 0 Å². The van der Waals surface area contributed by atoms with Crippen molar-refractivity contribution >= 4 is 11.4 Å². The standard InChI is InChI=1S/C12H17FN2O3/c1-8-5-10(14-7-12(2,3)18-4)11(15(16)17)6-9(8)13/h5-6,14H,7H2,1-4H3. The normalized spacial score (nSPS) is 11.4. The molecule has 0 heterocycles. The van der Waals surface area contributed by atoms with Crippen LogP contribution >= 0.6 is 0 Å². The van der Waals surface area contributed by atoms with E-state index in [4.69, 9.17) is 4.74 Å². The van der Waals surface area contributed by atoms with Crippen LogP contribution in [-0.2, 0) is 4.74 Å². The summed E-state index contributed by atoms with van der Waals surface area (Å²) in [4.78, 5) is 10.2. The minimum Gasteiger partial charge on any atom is -0.377 e. The lowest BCUT2D eigenvalue weighted by Crippen LogP contribution is -2.32. The Bertz CT molecular complexity index is 461. The first kappa shape index (κ1) is 14.4. The van der Waals surface area contributed by atoms with Gasteiger partial charge in [-0.15, -0.1) is 0 Å². The van der Waals surface area contributed by atoms with E-state index in [-0.39, 0.29) is 5.69 Å². The summed E-state index contributed by atoms with van der Waals surface area (Å²) in [5, 5.41) is 13.8. The Morgan fingerprint density at radius 2 is 2.11 bits per heavy atom. The lowest BCUT2D eigenvalue weighted by molar-refractivity contribution is -0.384. The number of ether oxygens (including phenoxy) is 1. The Kier molecular flexibility index (Phi) is 4.24. The summed E-state index contributed by atoms with van der Waals surface area (Å²) < 4.78 is 18.5. The van der Waals surface area contributed by atoms with Gasteiger partial charge in [0.25, 0.3) is 5.69 Å². The molecule has 0 unspecified atom stereocenters. The summed E-state index contributed by atoms with van der Waals surface area (Å²) in [6.07, 6.45) is 0. The Morgan fingerprint density at radius 1 is 1.50 bits per heavy atom. The third kappa shape index (κ3) is 3.40. The molecule has 1 aromatic carbocycles. The third-order valence-corrected chi connectivity index (χ3v) is 2.73. The first-order valence-corrected chi connectivity index (χ1v) is 5.50. The zero-order valence-corrected chi connectivity index (χ0v) is 10.9. The summed E-state index contributed by atoms with van der Waals surface area (Å²) in [7, 11) is 1.56. The van der Waals surface area contributed by atoms with Crippen LogP contribution in [0.3, 0.4) is 0 Å². The van der Waals surface area contributed by atoms with Gasteiger partial charge in [-0.1, -0.05) is 0 Å². The highest BCUT2D eigenvalue weighted by atomic mass is 19.1. The fraction of sp³-hybridized carbons (Fsp3) is 0.500. The average Bonchev–Trinajstić information content (AvgIpc) is 2.30. The van der Waals surface area contributed by atoms with Gasteiger partial charge in [-0.25, -0.2) is 4.39 Å². The van der Waals surface area contributed by atoms with Crippen molar-refractivity contribution in [2.45, 2.75) is 26.4 Å². The monoisotopic (exact) mass is 256 g/mol. The van der Waals surface area contributed by atoms with Crippen molar-refractivity contribution < 1.29 is 14.1 Å². The number of hydrogen-bond acceptors (Lipinski definition) is 4. The number of nitro benzene ring substituents is 1. The predicted molar refractivity (Wildman–Crippen MR) is 67.4 cm³/mol. The summed E-state index contributed by atoms with van der Waals surface area (Å²) in [5.74, 6) is -0.585. The Balaban J connectivity index is 3.01. The van der Waals surface area contributed by atoms with Crippen LogP contribution in [0.5, 0.6) is 0 Å². The summed E-state index contributed by atoms with van der Waals surface area (Å²) in [6.45, 7) is 5.64. The van der Waals surface area contributed by atoms with Crippen LogP contribution in [0, 0.1) is 22.9 Å². The number of nitrogens with one attached hydrogen (secondary N) is 1. The van der Waals surface area contributed by atoms with E-state index >= 15 is 0 Å². The van der Waals surface area contributed by atoms with Crippen LogP contribution in [0.25, 0.3) is 0 Å². The number of nitrogens with zero attached hydrogens (tertiary/aromatic N) is 1. The predicted octanol–water partition coefficient (Wildman–Crippen LogP) is 2.88. The molecule has 0 bridgehead atoms. The molecule has 100 valence electrons. The quantitative estimate of drug-likeness (QED) is 0.650. The molecule has 0 radical (unpaired) electrons. The molecule has 6 heteroatoms. The molecule has 0 fully saturated rings. The van der Waals surface area contributed by atoms with Crippen molar-refractivity contribution in [1.29, 1.82) is 0 Å². The number of rotatable bonds is 5. The Labute approximate surface area is 105 Å². The van der Waals surface area contributed by atoms with E-state index in [0.717, 1.165) is 6.07 Å². The Hall–Kier alpha value is -1.69. The van der Waals surface area contributed by atoms with E-state index < -0.39 is 16.3 Å². The summed E-state index contributed by atoms with van der Waals surface area (Å²) in [6, 6.07) is 2.36. The van der Waals surface area contributed by atoms with Gasteiger partial charge in [-0.3, -0.25) is 10.1 Å². The van der Waals surface area contributed by atoms with Gasteiger partial charge in [0.15, 0.2) is 0 Å². The van der Waals surface area contributed by atoms with Crippen molar-refractivity contribution in [1.82, 2.24) is 0 Å². The van der Waals surface area contributed by atoms with Crippen molar-refractivity contribution in [2.24, 2.45) is 0 Å². The van der Waals surface area contributed by atoms with E-state index in [9.17, 15) is 14.5 Å². The van der Waals surface area contributed by atoms with Crippen molar-refractivity contribution in [2.75, 3.05) is 19.0 Å². The zero-order chi connectivity index (χ0) is 13.9. The molecule has 1 rings (SSSR count). The maximum atomic E-state index is 13.3. The van der Waals surface area contributed by atoms with Gasteiger partial charge in [0, 0.05) is 13.7 Å². The van der Waals surface area contributed by atoms with Gasteiger partial charge in [-0.05, 0) is 32.4 Å². The van der Waals surface area contributed by atoms with Crippen molar-refractivity contribution in [3.63, 3.8) is 0 Å². The molecular weight excluding hydrogens is 239 g/mol. The van der Waals surface area contributed by atoms with Crippen LogP contribution in [0.1, 0.15) is 19.4 Å². The van der Waals surface area contributed by atoms with E-state index in [1.54, 1.807) is 14.0 Å². The number of hydrogen-bond donors (Lipinski definition) is 1. The highest BCUT2D eigenvalue weighted by Gasteiger charge is 2.21. The number of benzene rings is 1. The SMILES string of the molecule is COC(C)(C)CNc1cc(C)c(F)cc1[N+](=O)[O-]. The largest absolute Gasteiger partial charge is 0.377 e. The molecule has 0 atom stereocenters. The number of aryl methyl sites for hydroxylation is 1. The third-order valence-electron chi connectivity index (χ3n) is 2.73. The fourth-order valence-corrected chi connectivity index (χ4v) is 1.34. The molecule has 0 aliphatic carbocycles. The Morgan fingerprint density at radius 3 is 2.61 bits per heavy atom. The molecule has 18 heavy (non-hydrogen) atoms. The molecule has 0 saturated heterocycles. The number of nitro groups is 1. The molecule has 5 nitrogen and oxygen atoms in total. The smallest absolute Gasteiger partial charge is 0.295 e. The topological polar surface area (TPSA) is 64.4 Å². The van der Waals surface area contributed by atoms with Crippen LogP contribution < -0.4 is 5.32 Å². The number of anilines is 1. The molecule has 0 aliphatic rings. The van der Waals surface area contributed by atoms with Gasteiger partial charge in [0.05, 0.1) is 16.6 Å². The molecule has 0 aliphatic heterocycles. The van der Waals surface area contributed by atoms with Crippen LogP contribution in [0.2, 0.25) is 0 Å². The van der Waals surface area contributed by atoms with Crippen LogP contribution in [0.15, 0.2) is 12.1 Å². The first-order valence-electron chi connectivity index (χ1n) is 5.50. The average molecular weight is 256 g/mol. The van der Waals surface area contributed by atoms with Crippen molar-refractivity contribution in [3.05, 3.63) is 33.6 Å². The number of halogens is 1. The molecule has 0 spiro atoms. The molecule has 0 aromatic heterocycles. The first-order chi connectivity index (χ1) is 8.26. The second-order valence-corrected chi connectivity index (χ2v) is 4.69. The minimum absolute atomic E-state index is 0.273. The minimum atomic E-state index is -0.606. The van der Waals surface area contributed by atoms with Crippen LogP contribution in [0.4, 0.5) is 15.8 Å². The molecule has 0 amide bonds. The molecule has 1 aromatic rings. The van der Waals surface area contributed by atoms with Crippen LogP contribution in [-0.4, -0.2) is 24.2 Å². The highest BCUT2D eigenvalue weighted by molar-refractivity contribution is 5.63. The lowest BCUT2D eigenvalue weighted by atomic mass is 10.1. The maximum Gasteiger partial charge on any atom is 0.295 e. The second kappa shape index (κ2) is 5.30. The van der Waals surface area contributed by atoms with Gasteiger partial charge in [0.2, 0.25) is 0 Å². The summed E-state index contributed by atoms with van der Waals surface area (Å²) in [5.41, 5.74) is -0.0803.